The monoisotopic (exact) mass is 255 g/mol. The molecule has 0 aromatic carbocycles. The van der Waals surface area contributed by atoms with E-state index in [1.807, 2.05) is 32.8 Å². The molecule has 0 aliphatic carbocycles. The van der Waals surface area contributed by atoms with Crippen LogP contribution in [0.1, 0.15) is 25.5 Å². The Balaban J connectivity index is 3.21. The molecule has 0 unspecified atom stereocenters. The largest absolute Gasteiger partial charge is 0.353 e. The van der Waals surface area contributed by atoms with Gasteiger partial charge in [0.2, 0.25) is 5.82 Å². The van der Waals surface area contributed by atoms with E-state index >= 15 is 0 Å². The van der Waals surface area contributed by atoms with Crippen molar-refractivity contribution in [3.63, 3.8) is 0 Å². The van der Waals surface area contributed by atoms with E-state index in [9.17, 15) is 10.1 Å². The minimum Gasteiger partial charge on any atom is -0.353 e. The lowest BCUT2D eigenvalue weighted by Crippen LogP contribution is -2.29. The Morgan fingerprint density at radius 3 is 2.61 bits per heavy atom. The Kier molecular flexibility index (Phi) is 4.66. The van der Waals surface area contributed by atoms with Crippen molar-refractivity contribution in [1.82, 2.24) is 15.1 Å². The fourth-order valence-corrected chi connectivity index (χ4v) is 1.90. The molecule has 0 saturated carbocycles. The van der Waals surface area contributed by atoms with E-state index in [0.717, 1.165) is 6.54 Å². The highest BCUT2D eigenvalue weighted by Gasteiger charge is 2.30. The standard InChI is InChI=1S/C11H21N5O2/c1-8(2)9-10(16(17)18)11(15(5)13-9)14(4)7-6-12-3/h8,12H,6-7H2,1-5H3. The predicted octanol–water partition coefficient (Wildman–Crippen LogP) is 1.11. The summed E-state index contributed by atoms with van der Waals surface area (Å²) in [5.41, 5.74) is 0.653. The quantitative estimate of drug-likeness (QED) is 0.608. The Morgan fingerprint density at radius 1 is 1.56 bits per heavy atom. The number of nitrogens with zero attached hydrogens (tertiary/aromatic N) is 4. The molecule has 1 aromatic rings. The normalized spacial score (nSPS) is 11.0. The lowest BCUT2D eigenvalue weighted by atomic mass is 10.1. The summed E-state index contributed by atoms with van der Waals surface area (Å²) >= 11 is 0. The fourth-order valence-electron chi connectivity index (χ4n) is 1.90. The van der Waals surface area contributed by atoms with E-state index < -0.39 is 0 Å². The van der Waals surface area contributed by atoms with Crippen molar-refractivity contribution in [2.24, 2.45) is 7.05 Å². The van der Waals surface area contributed by atoms with Gasteiger partial charge in [-0.1, -0.05) is 13.8 Å². The molecule has 1 aromatic heterocycles. The second-order valence-electron chi connectivity index (χ2n) is 4.62. The number of anilines is 1. The van der Waals surface area contributed by atoms with Gasteiger partial charge < -0.3 is 10.2 Å². The molecule has 102 valence electrons. The zero-order chi connectivity index (χ0) is 13.9. The van der Waals surface area contributed by atoms with Gasteiger partial charge in [-0.2, -0.15) is 5.10 Å². The summed E-state index contributed by atoms with van der Waals surface area (Å²) in [5.74, 6) is 0.585. The van der Waals surface area contributed by atoms with Crippen LogP contribution in [-0.4, -0.2) is 41.9 Å². The number of rotatable bonds is 6. The number of likely N-dealkylation sites (N-methyl/N-ethyl adjacent to an activating group) is 2. The summed E-state index contributed by atoms with van der Waals surface area (Å²) in [7, 11) is 5.43. The molecule has 7 nitrogen and oxygen atoms in total. The van der Waals surface area contributed by atoms with Crippen LogP contribution in [0.2, 0.25) is 0 Å². The number of aromatic nitrogens is 2. The number of hydrogen-bond donors (Lipinski definition) is 1. The highest BCUT2D eigenvalue weighted by Crippen LogP contribution is 2.34. The zero-order valence-corrected chi connectivity index (χ0v) is 11.6. The first-order valence-corrected chi connectivity index (χ1v) is 5.97. The number of hydrogen-bond acceptors (Lipinski definition) is 5. The lowest BCUT2D eigenvalue weighted by Gasteiger charge is -2.17. The smallest absolute Gasteiger partial charge is 0.334 e. The molecular formula is C11H21N5O2. The Morgan fingerprint density at radius 2 is 2.17 bits per heavy atom. The SMILES string of the molecule is CNCCN(C)c1c([N+](=O)[O-])c(C(C)C)nn1C. The molecule has 0 atom stereocenters. The van der Waals surface area contributed by atoms with Gasteiger partial charge in [-0.25, -0.2) is 4.68 Å². The number of nitro groups is 1. The van der Waals surface area contributed by atoms with E-state index in [2.05, 4.69) is 10.4 Å². The Labute approximate surface area is 107 Å². The van der Waals surface area contributed by atoms with E-state index in [-0.39, 0.29) is 16.5 Å². The van der Waals surface area contributed by atoms with E-state index in [1.165, 1.54) is 0 Å². The van der Waals surface area contributed by atoms with Crippen molar-refractivity contribution < 1.29 is 4.92 Å². The first-order chi connectivity index (χ1) is 8.40. The molecule has 0 amide bonds. The second-order valence-corrected chi connectivity index (χ2v) is 4.62. The molecule has 1 rings (SSSR count). The summed E-state index contributed by atoms with van der Waals surface area (Å²) in [5, 5.41) is 18.5. The molecule has 0 spiro atoms. The van der Waals surface area contributed by atoms with E-state index in [4.69, 9.17) is 0 Å². The molecule has 0 saturated heterocycles. The Hall–Kier alpha value is -1.63. The van der Waals surface area contributed by atoms with Crippen LogP contribution in [-0.2, 0) is 7.05 Å². The second kappa shape index (κ2) is 5.81. The summed E-state index contributed by atoms with van der Waals surface area (Å²) in [6.07, 6.45) is 0. The first-order valence-electron chi connectivity index (χ1n) is 5.97. The molecule has 0 bridgehead atoms. The van der Waals surface area contributed by atoms with Crippen LogP contribution >= 0.6 is 0 Å². The van der Waals surface area contributed by atoms with Crippen LogP contribution in [0.15, 0.2) is 0 Å². The highest BCUT2D eigenvalue weighted by molar-refractivity contribution is 5.61. The molecule has 1 N–H and O–H groups in total. The summed E-state index contributed by atoms with van der Waals surface area (Å²) in [6.45, 7) is 5.27. The van der Waals surface area contributed by atoms with Gasteiger partial charge in [0.15, 0.2) is 0 Å². The summed E-state index contributed by atoms with van der Waals surface area (Å²) in [6, 6.07) is 0. The van der Waals surface area contributed by atoms with Crippen molar-refractivity contribution in [3.8, 4) is 0 Å². The van der Waals surface area contributed by atoms with Crippen LogP contribution in [0.5, 0.6) is 0 Å². The summed E-state index contributed by atoms with van der Waals surface area (Å²) < 4.78 is 1.59. The summed E-state index contributed by atoms with van der Waals surface area (Å²) in [4.78, 5) is 12.8. The van der Waals surface area contributed by atoms with Crippen LogP contribution in [0.25, 0.3) is 0 Å². The predicted molar refractivity (Wildman–Crippen MR) is 71.1 cm³/mol. The van der Waals surface area contributed by atoms with Gasteiger partial charge in [-0.15, -0.1) is 0 Å². The third kappa shape index (κ3) is 2.79. The van der Waals surface area contributed by atoms with Gasteiger partial charge in [-0.3, -0.25) is 10.1 Å². The van der Waals surface area contributed by atoms with Crippen molar-refractivity contribution in [3.05, 3.63) is 15.8 Å². The highest BCUT2D eigenvalue weighted by atomic mass is 16.6. The van der Waals surface area contributed by atoms with Gasteiger partial charge in [0, 0.05) is 33.1 Å². The molecule has 0 aliphatic rings. The van der Waals surface area contributed by atoms with Crippen LogP contribution in [0.4, 0.5) is 11.5 Å². The van der Waals surface area contributed by atoms with E-state index in [0.29, 0.717) is 18.1 Å². The van der Waals surface area contributed by atoms with Crippen LogP contribution < -0.4 is 10.2 Å². The molecule has 7 heteroatoms. The maximum Gasteiger partial charge on any atom is 0.334 e. The van der Waals surface area contributed by atoms with Crippen molar-refractivity contribution >= 4 is 11.5 Å². The van der Waals surface area contributed by atoms with Crippen molar-refractivity contribution in [2.75, 3.05) is 32.1 Å². The molecule has 0 aliphatic heterocycles. The maximum absolute atomic E-state index is 11.2. The van der Waals surface area contributed by atoms with Crippen LogP contribution in [0.3, 0.4) is 0 Å². The fraction of sp³-hybridized carbons (Fsp3) is 0.727. The van der Waals surface area contributed by atoms with Crippen LogP contribution in [0, 0.1) is 10.1 Å². The third-order valence-electron chi connectivity index (χ3n) is 2.81. The zero-order valence-electron chi connectivity index (χ0n) is 11.6. The number of aryl methyl sites for hydroxylation is 1. The topological polar surface area (TPSA) is 76.2 Å². The lowest BCUT2D eigenvalue weighted by molar-refractivity contribution is -0.385. The van der Waals surface area contributed by atoms with Gasteiger partial charge in [-0.05, 0) is 7.05 Å². The number of nitrogens with one attached hydrogen (secondary N) is 1. The van der Waals surface area contributed by atoms with Gasteiger partial charge in [0.1, 0.15) is 5.69 Å². The van der Waals surface area contributed by atoms with Gasteiger partial charge in [0.05, 0.1) is 4.92 Å². The maximum atomic E-state index is 11.2. The van der Waals surface area contributed by atoms with E-state index in [1.54, 1.807) is 11.7 Å². The Bertz CT molecular complexity index is 427. The molecular weight excluding hydrogens is 234 g/mol. The van der Waals surface area contributed by atoms with Crippen molar-refractivity contribution in [1.29, 1.82) is 0 Å². The minimum atomic E-state index is -0.340. The average molecular weight is 255 g/mol. The minimum absolute atomic E-state index is 0.0306. The molecule has 1 heterocycles. The van der Waals surface area contributed by atoms with Crippen molar-refractivity contribution in [2.45, 2.75) is 19.8 Å². The molecule has 0 radical (unpaired) electrons. The average Bonchev–Trinajstić information content (AvgIpc) is 2.64. The third-order valence-corrected chi connectivity index (χ3v) is 2.81. The van der Waals surface area contributed by atoms with Gasteiger partial charge in [0.25, 0.3) is 0 Å². The molecule has 18 heavy (non-hydrogen) atoms. The van der Waals surface area contributed by atoms with Gasteiger partial charge >= 0.3 is 5.69 Å². The first kappa shape index (κ1) is 14.4. The molecule has 0 fully saturated rings.